The number of hydrogen-bond acceptors (Lipinski definition) is 3. The van der Waals surface area contributed by atoms with Crippen LogP contribution in [-0.2, 0) is 6.42 Å². The smallest absolute Gasteiger partial charge is 0.121 e. The molecule has 102 valence electrons. The molecule has 0 bridgehead atoms. The summed E-state index contributed by atoms with van der Waals surface area (Å²) in [5, 5.41) is 3.46. The molecule has 0 fully saturated rings. The molecule has 1 unspecified atom stereocenters. The van der Waals surface area contributed by atoms with Crippen molar-refractivity contribution in [3.05, 3.63) is 29.3 Å². The molecule has 0 radical (unpaired) electrons. The second kappa shape index (κ2) is 8.11. The van der Waals surface area contributed by atoms with Crippen LogP contribution in [0.5, 0.6) is 5.75 Å². The summed E-state index contributed by atoms with van der Waals surface area (Å²) in [6.45, 7) is 7.11. The number of nitrogens with one attached hydrogen (secondary N) is 1. The van der Waals surface area contributed by atoms with Crippen LogP contribution >= 0.6 is 0 Å². The molecule has 0 aromatic heterocycles. The van der Waals surface area contributed by atoms with Gasteiger partial charge in [-0.1, -0.05) is 19.1 Å². The highest BCUT2D eigenvalue weighted by Crippen LogP contribution is 2.18. The Morgan fingerprint density at radius 2 is 2.11 bits per heavy atom. The Labute approximate surface area is 111 Å². The van der Waals surface area contributed by atoms with Crippen molar-refractivity contribution < 1.29 is 4.74 Å². The number of benzene rings is 1. The van der Waals surface area contributed by atoms with Gasteiger partial charge in [-0.2, -0.15) is 0 Å². The van der Waals surface area contributed by atoms with Crippen LogP contribution < -0.4 is 15.8 Å². The predicted molar refractivity (Wildman–Crippen MR) is 77.1 cm³/mol. The van der Waals surface area contributed by atoms with E-state index in [1.54, 1.807) is 7.11 Å². The maximum Gasteiger partial charge on any atom is 0.121 e. The summed E-state index contributed by atoms with van der Waals surface area (Å²) in [5.41, 5.74) is 8.14. The molecule has 3 heteroatoms. The van der Waals surface area contributed by atoms with Crippen molar-refractivity contribution in [1.82, 2.24) is 5.32 Å². The van der Waals surface area contributed by atoms with E-state index in [9.17, 15) is 0 Å². The van der Waals surface area contributed by atoms with Gasteiger partial charge < -0.3 is 15.8 Å². The lowest BCUT2D eigenvalue weighted by Crippen LogP contribution is -2.22. The molecule has 0 saturated carbocycles. The number of hydrogen-bond donors (Lipinski definition) is 2. The van der Waals surface area contributed by atoms with Crippen LogP contribution in [0.3, 0.4) is 0 Å². The Bertz CT molecular complexity index is 352. The molecular weight excluding hydrogens is 224 g/mol. The fourth-order valence-corrected chi connectivity index (χ4v) is 1.92. The SMILES string of the molecule is COc1ccc(CCNCCC(C)CN)cc1C. The van der Waals surface area contributed by atoms with Gasteiger partial charge in [0.2, 0.25) is 0 Å². The maximum atomic E-state index is 5.58. The van der Waals surface area contributed by atoms with E-state index in [4.69, 9.17) is 10.5 Å². The number of aryl methyl sites for hydroxylation is 1. The summed E-state index contributed by atoms with van der Waals surface area (Å²) >= 11 is 0. The zero-order valence-electron chi connectivity index (χ0n) is 11.8. The Kier molecular flexibility index (Phi) is 6.76. The third-order valence-corrected chi connectivity index (χ3v) is 3.27. The van der Waals surface area contributed by atoms with E-state index in [2.05, 4.69) is 31.3 Å². The van der Waals surface area contributed by atoms with Gasteiger partial charge >= 0.3 is 0 Å². The van der Waals surface area contributed by atoms with Gasteiger partial charge in [-0.05, 0) is 62.5 Å². The topological polar surface area (TPSA) is 47.3 Å². The van der Waals surface area contributed by atoms with Gasteiger partial charge in [-0.25, -0.2) is 0 Å². The molecule has 0 heterocycles. The third kappa shape index (κ3) is 5.07. The van der Waals surface area contributed by atoms with Crippen molar-refractivity contribution in [2.75, 3.05) is 26.7 Å². The first-order chi connectivity index (χ1) is 8.67. The van der Waals surface area contributed by atoms with Crippen LogP contribution in [0.15, 0.2) is 18.2 Å². The average Bonchev–Trinajstić information content (AvgIpc) is 2.38. The van der Waals surface area contributed by atoms with Crippen LogP contribution in [0, 0.1) is 12.8 Å². The van der Waals surface area contributed by atoms with Gasteiger partial charge in [0.25, 0.3) is 0 Å². The molecule has 1 aromatic carbocycles. The lowest BCUT2D eigenvalue weighted by Gasteiger charge is -2.10. The molecule has 1 atom stereocenters. The van der Waals surface area contributed by atoms with Crippen LogP contribution in [0.2, 0.25) is 0 Å². The van der Waals surface area contributed by atoms with Crippen LogP contribution in [0.1, 0.15) is 24.5 Å². The predicted octanol–water partition coefficient (Wildman–Crippen LogP) is 2.12. The van der Waals surface area contributed by atoms with E-state index < -0.39 is 0 Å². The average molecular weight is 250 g/mol. The summed E-state index contributed by atoms with van der Waals surface area (Å²) in [6, 6.07) is 6.38. The molecule has 0 aliphatic heterocycles. The first-order valence-electron chi connectivity index (χ1n) is 6.71. The summed E-state index contributed by atoms with van der Waals surface area (Å²) in [6.07, 6.45) is 2.21. The largest absolute Gasteiger partial charge is 0.496 e. The first kappa shape index (κ1) is 15.0. The van der Waals surface area contributed by atoms with Crippen molar-refractivity contribution in [3.8, 4) is 5.75 Å². The van der Waals surface area contributed by atoms with E-state index >= 15 is 0 Å². The van der Waals surface area contributed by atoms with E-state index in [0.717, 1.165) is 38.2 Å². The molecule has 0 aliphatic carbocycles. The second-order valence-electron chi connectivity index (χ2n) is 4.93. The van der Waals surface area contributed by atoms with Crippen molar-refractivity contribution in [2.24, 2.45) is 11.7 Å². The lowest BCUT2D eigenvalue weighted by atomic mass is 10.1. The molecule has 0 spiro atoms. The van der Waals surface area contributed by atoms with E-state index in [0.29, 0.717) is 5.92 Å². The molecule has 0 aliphatic rings. The van der Waals surface area contributed by atoms with Gasteiger partial charge in [0.1, 0.15) is 5.75 Å². The fraction of sp³-hybridized carbons (Fsp3) is 0.600. The van der Waals surface area contributed by atoms with Crippen molar-refractivity contribution in [1.29, 1.82) is 0 Å². The second-order valence-corrected chi connectivity index (χ2v) is 4.93. The quantitative estimate of drug-likeness (QED) is 0.695. The van der Waals surface area contributed by atoms with E-state index in [-0.39, 0.29) is 0 Å². The molecule has 0 amide bonds. The highest BCUT2D eigenvalue weighted by molar-refractivity contribution is 5.36. The van der Waals surface area contributed by atoms with Gasteiger partial charge in [-0.3, -0.25) is 0 Å². The molecular formula is C15H26N2O. The number of nitrogens with two attached hydrogens (primary N) is 1. The Balaban J connectivity index is 2.25. The molecule has 0 saturated heterocycles. The highest BCUT2D eigenvalue weighted by Gasteiger charge is 2.01. The maximum absolute atomic E-state index is 5.58. The van der Waals surface area contributed by atoms with Crippen LogP contribution in [0.4, 0.5) is 0 Å². The Hall–Kier alpha value is -1.06. The zero-order valence-corrected chi connectivity index (χ0v) is 11.8. The minimum Gasteiger partial charge on any atom is -0.496 e. The summed E-state index contributed by atoms with van der Waals surface area (Å²) in [7, 11) is 1.71. The van der Waals surface area contributed by atoms with Crippen LogP contribution in [0.25, 0.3) is 0 Å². The minimum absolute atomic E-state index is 0.612. The number of methoxy groups -OCH3 is 1. The Morgan fingerprint density at radius 1 is 1.33 bits per heavy atom. The van der Waals surface area contributed by atoms with Gasteiger partial charge in [0.15, 0.2) is 0 Å². The van der Waals surface area contributed by atoms with E-state index in [1.807, 2.05) is 6.07 Å². The van der Waals surface area contributed by atoms with Crippen molar-refractivity contribution >= 4 is 0 Å². The standard InChI is InChI=1S/C15H26N2O/c1-12(11-16)6-8-17-9-7-14-4-5-15(18-3)13(2)10-14/h4-5,10,12,17H,6-9,11,16H2,1-3H3. The van der Waals surface area contributed by atoms with Crippen molar-refractivity contribution in [3.63, 3.8) is 0 Å². The summed E-state index contributed by atoms with van der Waals surface area (Å²) in [4.78, 5) is 0. The monoisotopic (exact) mass is 250 g/mol. The van der Waals surface area contributed by atoms with Crippen LogP contribution in [-0.4, -0.2) is 26.7 Å². The zero-order chi connectivity index (χ0) is 13.4. The molecule has 3 N–H and O–H groups in total. The number of ether oxygens (including phenoxy) is 1. The summed E-state index contributed by atoms with van der Waals surface area (Å²) in [5.74, 6) is 1.57. The molecule has 18 heavy (non-hydrogen) atoms. The number of rotatable bonds is 8. The minimum atomic E-state index is 0.612. The van der Waals surface area contributed by atoms with Gasteiger partial charge in [0, 0.05) is 0 Å². The highest BCUT2D eigenvalue weighted by atomic mass is 16.5. The van der Waals surface area contributed by atoms with E-state index in [1.165, 1.54) is 11.1 Å². The normalized spacial score (nSPS) is 12.4. The first-order valence-corrected chi connectivity index (χ1v) is 6.71. The van der Waals surface area contributed by atoms with Gasteiger partial charge in [0.05, 0.1) is 7.11 Å². The summed E-state index contributed by atoms with van der Waals surface area (Å²) < 4.78 is 5.25. The Morgan fingerprint density at radius 3 is 2.72 bits per heavy atom. The van der Waals surface area contributed by atoms with Gasteiger partial charge in [-0.15, -0.1) is 0 Å². The fourth-order valence-electron chi connectivity index (χ4n) is 1.92. The molecule has 1 aromatic rings. The molecule has 3 nitrogen and oxygen atoms in total. The third-order valence-electron chi connectivity index (χ3n) is 3.27. The lowest BCUT2D eigenvalue weighted by molar-refractivity contribution is 0.411. The van der Waals surface area contributed by atoms with Crippen molar-refractivity contribution in [2.45, 2.75) is 26.7 Å². The molecule has 1 rings (SSSR count).